The Bertz CT molecular complexity index is 1270. The van der Waals surface area contributed by atoms with E-state index in [0.29, 0.717) is 42.3 Å². The van der Waals surface area contributed by atoms with Crippen LogP contribution in [0.3, 0.4) is 0 Å². The van der Waals surface area contributed by atoms with E-state index in [1.54, 1.807) is 0 Å². The number of carbonyl (C=O) groups excluding carboxylic acids is 2. The van der Waals surface area contributed by atoms with Crippen molar-refractivity contribution in [3.63, 3.8) is 0 Å². The number of benzene rings is 2. The van der Waals surface area contributed by atoms with Crippen molar-refractivity contribution in [2.24, 2.45) is 5.92 Å². The maximum absolute atomic E-state index is 12.4. The van der Waals surface area contributed by atoms with Crippen molar-refractivity contribution in [2.75, 3.05) is 5.32 Å². The van der Waals surface area contributed by atoms with Gasteiger partial charge in [0.1, 0.15) is 17.3 Å². The largest absolute Gasteiger partial charge is 0.441 e. The molecular weight excluding hydrogens is 430 g/mol. The minimum absolute atomic E-state index is 0.0261. The van der Waals surface area contributed by atoms with Gasteiger partial charge in [-0.1, -0.05) is 32.0 Å². The summed E-state index contributed by atoms with van der Waals surface area (Å²) in [5, 5.41) is 5.81. The standard InChI is InChI=1S/C26H29N5O3/c1-16(2)13-25(33)28-19-8-6-7-18(14-19)26-31-22(17(3)34-26)15-27-24(32)12-11-23-29-20-9-4-5-10-21(20)30-23/h4-10,14,16H,11-13,15H2,1-3H3,(H,27,32)(H,28,33)(H,29,30). The predicted molar refractivity (Wildman–Crippen MR) is 131 cm³/mol. The van der Waals surface area contributed by atoms with E-state index in [0.717, 1.165) is 22.4 Å². The Hall–Kier alpha value is -3.94. The fourth-order valence-corrected chi connectivity index (χ4v) is 3.65. The molecule has 0 bridgehead atoms. The van der Waals surface area contributed by atoms with Gasteiger partial charge in [-0.15, -0.1) is 0 Å². The first-order chi connectivity index (χ1) is 16.4. The molecule has 2 aromatic carbocycles. The van der Waals surface area contributed by atoms with Crippen LogP contribution >= 0.6 is 0 Å². The summed E-state index contributed by atoms with van der Waals surface area (Å²) in [4.78, 5) is 36.7. The van der Waals surface area contributed by atoms with Crippen LogP contribution < -0.4 is 10.6 Å². The van der Waals surface area contributed by atoms with Gasteiger partial charge in [0.2, 0.25) is 17.7 Å². The number of H-pyrrole nitrogens is 1. The van der Waals surface area contributed by atoms with Crippen molar-refractivity contribution in [1.29, 1.82) is 0 Å². The molecule has 0 atom stereocenters. The number of nitrogens with one attached hydrogen (secondary N) is 3. The van der Waals surface area contributed by atoms with E-state index in [-0.39, 0.29) is 24.3 Å². The maximum atomic E-state index is 12.4. The van der Waals surface area contributed by atoms with Crippen molar-refractivity contribution in [3.8, 4) is 11.5 Å². The van der Waals surface area contributed by atoms with Gasteiger partial charge < -0.3 is 20.0 Å². The van der Waals surface area contributed by atoms with E-state index in [1.807, 2.05) is 69.3 Å². The highest BCUT2D eigenvalue weighted by atomic mass is 16.4. The number of nitrogens with zero attached hydrogens (tertiary/aromatic N) is 2. The zero-order valence-electron chi connectivity index (χ0n) is 19.6. The van der Waals surface area contributed by atoms with E-state index in [2.05, 4.69) is 25.6 Å². The SMILES string of the molecule is Cc1oc(-c2cccc(NC(=O)CC(C)C)c2)nc1CNC(=O)CCc1nc2ccccc2[nH]1. The van der Waals surface area contributed by atoms with Gasteiger partial charge in [0.25, 0.3) is 0 Å². The molecule has 0 radical (unpaired) electrons. The molecular formula is C26H29N5O3. The highest BCUT2D eigenvalue weighted by Gasteiger charge is 2.14. The molecule has 3 N–H and O–H groups in total. The Balaban J connectivity index is 1.33. The third kappa shape index (κ3) is 5.89. The molecule has 0 unspecified atom stereocenters. The molecule has 0 fully saturated rings. The maximum Gasteiger partial charge on any atom is 0.226 e. The monoisotopic (exact) mass is 459 g/mol. The number of fused-ring (bicyclic) bond motifs is 1. The Morgan fingerprint density at radius 2 is 1.88 bits per heavy atom. The zero-order chi connectivity index (χ0) is 24.1. The number of para-hydroxylation sites is 2. The fraction of sp³-hybridized carbons (Fsp3) is 0.308. The molecule has 4 aromatic rings. The molecule has 34 heavy (non-hydrogen) atoms. The number of oxazole rings is 1. The normalized spacial score (nSPS) is 11.2. The number of amides is 2. The number of hydrogen-bond donors (Lipinski definition) is 3. The molecule has 0 aliphatic rings. The zero-order valence-corrected chi connectivity index (χ0v) is 19.6. The summed E-state index contributed by atoms with van der Waals surface area (Å²) < 4.78 is 5.83. The molecule has 2 heterocycles. The lowest BCUT2D eigenvalue weighted by molar-refractivity contribution is -0.121. The molecule has 2 amide bonds. The molecule has 0 saturated carbocycles. The van der Waals surface area contributed by atoms with Crippen LogP contribution in [0.25, 0.3) is 22.5 Å². The van der Waals surface area contributed by atoms with Gasteiger partial charge in [-0.2, -0.15) is 0 Å². The lowest BCUT2D eigenvalue weighted by atomic mass is 10.1. The van der Waals surface area contributed by atoms with Crippen LogP contribution in [-0.4, -0.2) is 26.8 Å². The number of carbonyl (C=O) groups is 2. The van der Waals surface area contributed by atoms with E-state index >= 15 is 0 Å². The van der Waals surface area contributed by atoms with Gasteiger partial charge in [0.05, 0.1) is 17.6 Å². The Morgan fingerprint density at radius 1 is 1.06 bits per heavy atom. The molecule has 0 saturated heterocycles. The summed E-state index contributed by atoms with van der Waals surface area (Å²) in [6, 6.07) is 15.2. The van der Waals surface area contributed by atoms with E-state index < -0.39 is 0 Å². The number of aryl methyl sites for hydroxylation is 2. The highest BCUT2D eigenvalue weighted by molar-refractivity contribution is 5.91. The van der Waals surface area contributed by atoms with Crippen LogP contribution in [0.4, 0.5) is 5.69 Å². The molecule has 0 aliphatic carbocycles. The summed E-state index contributed by atoms with van der Waals surface area (Å²) in [6.45, 7) is 6.11. The molecule has 8 nitrogen and oxygen atoms in total. The molecule has 0 aliphatic heterocycles. The van der Waals surface area contributed by atoms with Crippen molar-refractivity contribution in [1.82, 2.24) is 20.3 Å². The van der Waals surface area contributed by atoms with Gasteiger partial charge in [-0.05, 0) is 43.2 Å². The summed E-state index contributed by atoms with van der Waals surface area (Å²) in [6.07, 6.45) is 1.31. The first-order valence-corrected chi connectivity index (χ1v) is 11.4. The lowest BCUT2D eigenvalue weighted by Gasteiger charge is -2.07. The van der Waals surface area contributed by atoms with Gasteiger partial charge in [0.15, 0.2) is 0 Å². The van der Waals surface area contributed by atoms with Crippen LogP contribution in [0.15, 0.2) is 52.9 Å². The third-order valence-electron chi connectivity index (χ3n) is 5.36. The number of anilines is 1. The van der Waals surface area contributed by atoms with Crippen molar-refractivity contribution < 1.29 is 14.0 Å². The molecule has 8 heteroatoms. The first kappa shape index (κ1) is 23.2. The second-order valence-corrected chi connectivity index (χ2v) is 8.73. The van der Waals surface area contributed by atoms with Crippen LogP contribution in [0.2, 0.25) is 0 Å². The second kappa shape index (κ2) is 10.3. The molecule has 0 spiro atoms. The Morgan fingerprint density at radius 3 is 2.68 bits per heavy atom. The molecule has 4 rings (SSSR count). The third-order valence-corrected chi connectivity index (χ3v) is 5.36. The smallest absolute Gasteiger partial charge is 0.226 e. The van der Waals surface area contributed by atoms with Gasteiger partial charge >= 0.3 is 0 Å². The highest BCUT2D eigenvalue weighted by Crippen LogP contribution is 2.24. The molecule has 176 valence electrons. The lowest BCUT2D eigenvalue weighted by Crippen LogP contribution is -2.23. The van der Waals surface area contributed by atoms with Crippen molar-refractivity contribution in [3.05, 3.63) is 65.8 Å². The fourth-order valence-electron chi connectivity index (χ4n) is 3.65. The minimum Gasteiger partial charge on any atom is -0.441 e. The summed E-state index contributed by atoms with van der Waals surface area (Å²) in [5.41, 5.74) is 3.98. The summed E-state index contributed by atoms with van der Waals surface area (Å²) >= 11 is 0. The number of hydrogen-bond acceptors (Lipinski definition) is 5. The van der Waals surface area contributed by atoms with Crippen LogP contribution in [-0.2, 0) is 22.6 Å². The minimum atomic E-state index is -0.0840. The summed E-state index contributed by atoms with van der Waals surface area (Å²) in [7, 11) is 0. The van der Waals surface area contributed by atoms with Crippen molar-refractivity contribution >= 4 is 28.5 Å². The van der Waals surface area contributed by atoms with E-state index in [1.165, 1.54) is 0 Å². The van der Waals surface area contributed by atoms with E-state index in [9.17, 15) is 9.59 Å². The average molecular weight is 460 g/mol. The topological polar surface area (TPSA) is 113 Å². The van der Waals surface area contributed by atoms with E-state index in [4.69, 9.17) is 4.42 Å². The van der Waals surface area contributed by atoms with Gasteiger partial charge in [-0.25, -0.2) is 9.97 Å². The van der Waals surface area contributed by atoms with Crippen LogP contribution in [0.5, 0.6) is 0 Å². The first-order valence-electron chi connectivity index (χ1n) is 11.4. The quantitative estimate of drug-likeness (QED) is 0.334. The predicted octanol–water partition coefficient (Wildman–Crippen LogP) is 4.76. The number of aromatic nitrogens is 3. The average Bonchev–Trinajstić information content (AvgIpc) is 3.38. The van der Waals surface area contributed by atoms with Crippen LogP contribution in [0, 0.1) is 12.8 Å². The Labute approximate surface area is 198 Å². The second-order valence-electron chi connectivity index (χ2n) is 8.73. The number of imidazole rings is 1. The number of aromatic amines is 1. The van der Waals surface area contributed by atoms with Gasteiger partial charge in [-0.3, -0.25) is 9.59 Å². The molecule has 2 aromatic heterocycles. The van der Waals surface area contributed by atoms with Crippen molar-refractivity contribution in [2.45, 2.75) is 46.6 Å². The summed E-state index contributed by atoms with van der Waals surface area (Å²) in [5.74, 6) is 2.05. The van der Waals surface area contributed by atoms with Gasteiger partial charge in [0, 0.05) is 30.5 Å². The Kier molecular flexibility index (Phi) is 7.06. The van der Waals surface area contributed by atoms with Crippen LogP contribution in [0.1, 0.15) is 44.0 Å². The number of rotatable bonds is 9.